The Hall–Kier alpha value is -1.12. The molecule has 1 rings (SSSR count). The molecule has 1 atom stereocenters. The van der Waals surface area contributed by atoms with Gasteiger partial charge in [-0.3, -0.25) is 0 Å². The van der Waals surface area contributed by atoms with Crippen LogP contribution in [0.1, 0.15) is 31.8 Å². The van der Waals surface area contributed by atoms with E-state index in [-0.39, 0.29) is 0 Å². The van der Waals surface area contributed by atoms with Gasteiger partial charge in [-0.05, 0) is 19.8 Å². The summed E-state index contributed by atoms with van der Waals surface area (Å²) in [4.78, 5) is 8.40. The SMILES string of the molecule is CCC(C)COc1cc(C)nc(C)n1. The molecule has 0 fully saturated rings. The maximum Gasteiger partial charge on any atom is 0.216 e. The Morgan fingerprint density at radius 1 is 1.36 bits per heavy atom. The van der Waals surface area contributed by atoms with Crippen molar-refractivity contribution in [2.24, 2.45) is 5.92 Å². The monoisotopic (exact) mass is 194 g/mol. The molecule has 0 aliphatic heterocycles. The first-order valence-corrected chi connectivity index (χ1v) is 5.07. The van der Waals surface area contributed by atoms with Crippen LogP contribution in [0, 0.1) is 19.8 Å². The smallest absolute Gasteiger partial charge is 0.216 e. The first-order chi connectivity index (χ1) is 6.61. The van der Waals surface area contributed by atoms with Crippen molar-refractivity contribution in [3.8, 4) is 5.88 Å². The first-order valence-electron chi connectivity index (χ1n) is 5.07. The predicted molar refractivity (Wildman–Crippen MR) is 56.5 cm³/mol. The fourth-order valence-corrected chi connectivity index (χ4v) is 1.10. The molecule has 0 saturated carbocycles. The van der Waals surface area contributed by atoms with Gasteiger partial charge in [0.25, 0.3) is 0 Å². The second kappa shape index (κ2) is 4.94. The average molecular weight is 194 g/mol. The van der Waals surface area contributed by atoms with Crippen LogP contribution in [0.15, 0.2) is 6.07 Å². The number of hydrogen-bond donors (Lipinski definition) is 0. The maximum absolute atomic E-state index is 5.57. The fourth-order valence-electron chi connectivity index (χ4n) is 1.10. The van der Waals surface area contributed by atoms with E-state index in [9.17, 15) is 0 Å². The Morgan fingerprint density at radius 3 is 2.64 bits per heavy atom. The molecule has 3 heteroatoms. The van der Waals surface area contributed by atoms with Crippen LogP contribution in [0.3, 0.4) is 0 Å². The van der Waals surface area contributed by atoms with Gasteiger partial charge in [0.05, 0.1) is 6.61 Å². The van der Waals surface area contributed by atoms with Gasteiger partial charge < -0.3 is 4.74 Å². The zero-order chi connectivity index (χ0) is 10.6. The van der Waals surface area contributed by atoms with E-state index in [0.717, 1.165) is 24.5 Å². The molecule has 1 aromatic heterocycles. The molecule has 0 aromatic carbocycles. The molecule has 0 radical (unpaired) electrons. The van der Waals surface area contributed by atoms with Crippen LogP contribution >= 0.6 is 0 Å². The van der Waals surface area contributed by atoms with Gasteiger partial charge in [-0.1, -0.05) is 20.3 Å². The minimum absolute atomic E-state index is 0.575. The highest BCUT2D eigenvalue weighted by molar-refractivity contribution is 5.14. The summed E-state index contributed by atoms with van der Waals surface area (Å²) >= 11 is 0. The topological polar surface area (TPSA) is 35.0 Å². The molecule has 0 N–H and O–H groups in total. The van der Waals surface area contributed by atoms with Gasteiger partial charge in [0.1, 0.15) is 5.82 Å². The number of rotatable bonds is 4. The highest BCUT2D eigenvalue weighted by Crippen LogP contribution is 2.10. The molecule has 0 aliphatic rings. The minimum atomic E-state index is 0.575. The van der Waals surface area contributed by atoms with E-state index >= 15 is 0 Å². The van der Waals surface area contributed by atoms with Crippen LogP contribution in [0.2, 0.25) is 0 Å². The van der Waals surface area contributed by atoms with Crippen molar-refractivity contribution >= 4 is 0 Å². The molecule has 1 unspecified atom stereocenters. The summed E-state index contributed by atoms with van der Waals surface area (Å²) in [7, 11) is 0. The summed E-state index contributed by atoms with van der Waals surface area (Å²) in [5, 5.41) is 0. The molecule has 0 amide bonds. The molecule has 3 nitrogen and oxygen atoms in total. The summed E-state index contributed by atoms with van der Waals surface area (Å²) < 4.78 is 5.57. The van der Waals surface area contributed by atoms with Gasteiger partial charge in [0.2, 0.25) is 5.88 Å². The van der Waals surface area contributed by atoms with E-state index in [4.69, 9.17) is 4.74 Å². The van der Waals surface area contributed by atoms with Gasteiger partial charge in [-0.15, -0.1) is 0 Å². The summed E-state index contributed by atoms with van der Waals surface area (Å²) in [5.41, 5.74) is 0.955. The molecule has 78 valence electrons. The van der Waals surface area contributed by atoms with Crippen molar-refractivity contribution in [2.75, 3.05) is 6.61 Å². The standard InChI is InChI=1S/C11H18N2O/c1-5-8(2)7-14-11-6-9(3)12-10(4)13-11/h6,8H,5,7H2,1-4H3. The van der Waals surface area contributed by atoms with Gasteiger partial charge in [0, 0.05) is 11.8 Å². The molecule has 0 spiro atoms. The second-order valence-electron chi connectivity index (χ2n) is 3.72. The van der Waals surface area contributed by atoms with Crippen molar-refractivity contribution in [1.29, 1.82) is 0 Å². The maximum atomic E-state index is 5.57. The molecular formula is C11H18N2O. The van der Waals surface area contributed by atoms with E-state index in [1.807, 2.05) is 19.9 Å². The lowest BCUT2D eigenvalue weighted by atomic mass is 10.1. The lowest BCUT2D eigenvalue weighted by molar-refractivity contribution is 0.246. The van der Waals surface area contributed by atoms with Gasteiger partial charge >= 0.3 is 0 Å². The largest absolute Gasteiger partial charge is 0.477 e. The third-order valence-electron chi connectivity index (χ3n) is 2.16. The number of aryl methyl sites for hydroxylation is 2. The molecule has 1 heterocycles. The molecule has 0 aliphatic carbocycles. The number of nitrogens with zero attached hydrogens (tertiary/aromatic N) is 2. The van der Waals surface area contributed by atoms with E-state index in [0.29, 0.717) is 11.8 Å². The average Bonchev–Trinajstić information content (AvgIpc) is 2.12. The van der Waals surface area contributed by atoms with Crippen molar-refractivity contribution in [2.45, 2.75) is 34.1 Å². The van der Waals surface area contributed by atoms with Crippen LogP contribution in [-0.4, -0.2) is 16.6 Å². The lowest BCUT2D eigenvalue weighted by Gasteiger charge is -2.10. The van der Waals surface area contributed by atoms with Gasteiger partial charge in [-0.2, -0.15) is 4.98 Å². The normalized spacial score (nSPS) is 12.6. The minimum Gasteiger partial charge on any atom is -0.477 e. The summed E-state index contributed by atoms with van der Waals surface area (Å²) in [6.45, 7) is 8.88. The van der Waals surface area contributed by atoms with E-state index in [1.165, 1.54) is 0 Å². The zero-order valence-electron chi connectivity index (χ0n) is 9.37. The number of ether oxygens (including phenoxy) is 1. The fraction of sp³-hybridized carbons (Fsp3) is 0.636. The quantitative estimate of drug-likeness (QED) is 0.738. The van der Waals surface area contributed by atoms with Crippen LogP contribution in [0.25, 0.3) is 0 Å². The van der Waals surface area contributed by atoms with Crippen molar-refractivity contribution < 1.29 is 4.74 Å². The van der Waals surface area contributed by atoms with Crippen molar-refractivity contribution in [3.05, 3.63) is 17.6 Å². The molecule has 1 aromatic rings. The zero-order valence-corrected chi connectivity index (χ0v) is 9.37. The van der Waals surface area contributed by atoms with Gasteiger partial charge in [0.15, 0.2) is 0 Å². The molecule has 0 bridgehead atoms. The third-order valence-corrected chi connectivity index (χ3v) is 2.16. The number of aromatic nitrogens is 2. The summed E-state index contributed by atoms with van der Waals surface area (Å²) in [6, 6.07) is 1.87. The Morgan fingerprint density at radius 2 is 2.07 bits per heavy atom. The van der Waals surface area contributed by atoms with Crippen LogP contribution in [0.4, 0.5) is 0 Å². The Balaban J connectivity index is 2.58. The second-order valence-corrected chi connectivity index (χ2v) is 3.72. The van der Waals surface area contributed by atoms with Crippen molar-refractivity contribution in [3.63, 3.8) is 0 Å². The highest BCUT2D eigenvalue weighted by atomic mass is 16.5. The van der Waals surface area contributed by atoms with E-state index in [1.54, 1.807) is 0 Å². The van der Waals surface area contributed by atoms with Crippen molar-refractivity contribution in [1.82, 2.24) is 9.97 Å². The Labute approximate surface area is 85.5 Å². The summed E-state index contributed by atoms with van der Waals surface area (Å²) in [6.07, 6.45) is 1.13. The Kier molecular flexibility index (Phi) is 3.86. The molecule has 14 heavy (non-hydrogen) atoms. The van der Waals surface area contributed by atoms with Crippen LogP contribution in [-0.2, 0) is 0 Å². The highest BCUT2D eigenvalue weighted by Gasteiger charge is 2.02. The number of hydrogen-bond acceptors (Lipinski definition) is 3. The van der Waals surface area contributed by atoms with E-state index < -0.39 is 0 Å². The predicted octanol–water partition coefficient (Wildman–Crippen LogP) is 2.52. The molecular weight excluding hydrogens is 176 g/mol. The van der Waals surface area contributed by atoms with Crippen LogP contribution < -0.4 is 4.74 Å². The summed E-state index contributed by atoms with van der Waals surface area (Å²) in [5.74, 6) is 2.03. The first kappa shape index (κ1) is 11.0. The van der Waals surface area contributed by atoms with Crippen LogP contribution in [0.5, 0.6) is 5.88 Å². The Bertz CT molecular complexity index is 279. The molecule has 0 saturated heterocycles. The lowest BCUT2D eigenvalue weighted by Crippen LogP contribution is -2.09. The van der Waals surface area contributed by atoms with Gasteiger partial charge in [-0.25, -0.2) is 4.98 Å². The third kappa shape index (κ3) is 3.32. The van der Waals surface area contributed by atoms with E-state index in [2.05, 4.69) is 23.8 Å².